The van der Waals surface area contributed by atoms with Gasteiger partial charge in [-0.05, 0) is 24.6 Å². The molecule has 3 aliphatic heterocycles. The summed E-state index contributed by atoms with van der Waals surface area (Å²) in [6.45, 7) is 1.96. The van der Waals surface area contributed by atoms with Gasteiger partial charge in [0.1, 0.15) is 11.4 Å². The monoisotopic (exact) mass is 355 g/mol. The molecule has 26 heavy (non-hydrogen) atoms. The molecule has 3 saturated heterocycles. The number of aromatic amines is 1. The van der Waals surface area contributed by atoms with Crippen molar-refractivity contribution in [2.24, 2.45) is 0 Å². The number of aromatic nitrogens is 1. The van der Waals surface area contributed by atoms with E-state index in [0.29, 0.717) is 31.7 Å². The van der Waals surface area contributed by atoms with Crippen molar-refractivity contribution in [2.45, 2.75) is 31.0 Å². The van der Waals surface area contributed by atoms with Crippen molar-refractivity contribution in [3.63, 3.8) is 0 Å². The fraction of sp³-hybridized carbons (Fsp3) is 0.474. The van der Waals surface area contributed by atoms with Gasteiger partial charge in [-0.3, -0.25) is 9.59 Å². The lowest BCUT2D eigenvalue weighted by Gasteiger charge is -2.42. The maximum atomic E-state index is 13.2. The first-order chi connectivity index (χ1) is 12.6. The summed E-state index contributed by atoms with van der Waals surface area (Å²) in [6.07, 6.45) is 1.88. The molecular weight excluding hydrogens is 334 g/mol. The Labute approximate surface area is 150 Å². The van der Waals surface area contributed by atoms with Gasteiger partial charge in [0, 0.05) is 30.4 Å². The molecule has 0 saturated carbocycles. The van der Waals surface area contributed by atoms with E-state index in [0.717, 1.165) is 29.6 Å². The molecule has 136 valence electrons. The van der Waals surface area contributed by atoms with Crippen LogP contribution >= 0.6 is 0 Å². The van der Waals surface area contributed by atoms with E-state index in [4.69, 9.17) is 9.47 Å². The summed E-state index contributed by atoms with van der Waals surface area (Å²) in [6, 6.07) is 7.30. The number of carbonyl (C=O) groups is 2. The molecule has 0 unspecified atom stereocenters. The van der Waals surface area contributed by atoms with E-state index in [1.54, 1.807) is 12.0 Å². The van der Waals surface area contributed by atoms with Crippen LogP contribution in [0.25, 0.3) is 10.9 Å². The van der Waals surface area contributed by atoms with Gasteiger partial charge in [0.05, 0.1) is 26.2 Å². The first-order valence-corrected chi connectivity index (χ1v) is 9.05. The number of fused-ring (bicyclic) bond motifs is 1. The van der Waals surface area contributed by atoms with Crippen molar-refractivity contribution >= 4 is 22.7 Å². The first kappa shape index (κ1) is 15.7. The summed E-state index contributed by atoms with van der Waals surface area (Å²) in [4.78, 5) is 32.5. The Morgan fingerprint density at radius 2 is 2.27 bits per heavy atom. The van der Waals surface area contributed by atoms with E-state index >= 15 is 0 Å². The predicted molar refractivity (Wildman–Crippen MR) is 93.9 cm³/mol. The minimum Gasteiger partial charge on any atom is -0.496 e. The highest BCUT2D eigenvalue weighted by Crippen LogP contribution is 2.45. The molecular formula is C19H21N3O4. The zero-order valence-electron chi connectivity index (χ0n) is 14.7. The molecule has 3 fully saturated rings. The van der Waals surface area contributed by atoms with Crippen LogP contribution in [-0.4, -0.2) is 65.2 Å². The molecule has 0 bridgehead atoms. The lowest BCUT2D eigenvalue weighted by Crippen LogP contribution is -2.56. The maximum Gasteiger partial charge on any atom is 0.270 e. The zero-order chi connectivity index (χ0) is 17.9. The summed E-state index contributed by atoms with van der Waals surface area (Å²) in [5, 5.41) is 0.880. The van der Waals surface area contributed by atoms with E-state index in [1.807, 2.05) is 29.2 Å². The Bertz CT molecular complexity index is 907. The second-order valence-electron chi connectivity index (χ2n) is 7.17. The SMILES string of the molecule is COc1cccc2[nH]c(C(=O)N3CC[C@@]45OCCCN4C(=O)C[C@@H]35)cc12. The van der Waals surface area contributed by atoms with Crippen LogP contribution in [0.5, 0.6) is 5.75 Å². The number of carbonyl (C=O) groups excluding carboxylic acids is 2. The lowest BCUT2D eigenvalue weighted by atomic mass is 10.0. The van der Waals surface area contributed by atoms with Crippen molar-refractivity contribution < 1.29 is 19.1 Å². The summed E-state index contributed by atoms with van der Waals surface area (Å²) in [5.41, 5.74) is 0.761. The first-order valence-electron chi connectivity index (χ1n) is 9.05. The number of amides is 2. The van der Waals surface area contributed by atoms with Gasteiger partial charge in [0.25, 0.3) is 5.91 Å². The van der Waals surface area contributed by atoms with Gasteiger partial charge in [-0.1, -0.05) is 6.07 Å². The van der Waals surface area contributed by atoms with Crippen LogP contribution in [0, 0.1) is 0 Å². The summed E-state index contributed by atoms with van der Waals surface area (Å²) in [5.74, 6) is 0.730. The second-order valence-corrected chi connectivity index (χ2v) is 7.17. The number of nitrogens with one attached hydrogen (secondary N) is 1. The Morgan fingerprint density at radius 3 is 3.12 bits per heavy atom. The molecule has 2 aromatic rings. The van der Waals surface area contributed by atoms with Crippen molar-refractivity contribution in [2.75, 3.05) is 26.8 Å². The van der Waals surface area contributed by atoms with E-state index < -0.39 is 5.72 Å². The van der Waals surface area contributed by atoms with Crippen LogP contribution in [0.3, 0.4) is 0 Å². The number of nitrogens with zero attached hydrogens (tertiary/aromatic N) is 2. The molecule has 2 amide bonds. The standard InChI is InChI=1S/C19H21N3O4/c1-25-15-5-2-4-13-12(15)10-14(20-13)18(24)21-8-6-19-16(21)11-17(23)22(19)7-3-9-26-19/h2,4-5,10,16,20H,3,6-9,11H2,1H3/t16-,19+/m1/s1. The number of hydrogen-bond acceptors (Lipinski definition) is 4. The molecule has 0 aliphatic carbocycles. The van der Waals surface area contributed by atoms with E-state index in [-0.39, 0.29) is 17.9 Å². The lowest BCUT2D eigenvalue weighted by molar-refractivity contribution is -0.179. The van der Waals surface area contributed by atoms with Crippen molar-refractivity contribution in [3.05, 3.63) is 30.0 Å². The molecule has 5 rings (SSSR count). The molecule has 7 heteroatoms. The summed E-state index contributed by atoms with van der Waals surface area (Å²) in [7, 11) is 1.62. The molecule has 1 aromatic heterocycles. The van der Waals surface area contributed by atoms with E-state index in [9.17, 15) is 9.59 Å². The third-order valence-electron chi connectivity index (χ3n) is 5.95. The van der Waals surface area contributed by atoms with Crippen molar-refractivity contribution in [3.8, 4) is 5.75 Å². The van der Waals surface area contributed by atoms with Crippen LogP contribution in [0.1, 0.15) is 29.8 Å². The number of methoxy groups -OCH3 is 1. The van der Waals surface area contributed by atoms with Crippen LogP contribution in [0.15, 0.2) is 24.3 Å². The highest BCUT2D eigenvalue weighted by atomic mass is 16.5. The molecule has 1 N–H and O–H groups in total. The Hall–Kier alpha value is -2.54. The summed E-state index contributed by atoms with van der Waals surface area (Å²) >= 11 is 0. The van der Waals surface area contributed by atoms with Crippen LogP contribution in [0.4, 0.5) is 0 Å². The van der Waals surface area contributed by atoms with E-state index in [2.05, 4.69) is 4.98 Å². The van der Waals surface area contributed by atoms with Gasteiger partial charge in [-0.15, -0.1) is 0 Å². The quantitative estimate of drug-likeness (QED) is 0.890. The number of ether oxygens (including phenoxy) is 2. The van der Waals surface area contributed by atoms with Gasteiger partial charge >= 0.3 is 0 Å². The molecule has 4 heterocycles. The highest BCUT2D eigenvalue weighted by Gasteiger charge is 2.61. The number of hydrogen-bond donors (Lipinski definition) is 1. The Kier molecular flexibility index (Phi) is 3.31. The third kappa shape index (κ3) is 1.97. The largest absolute Gasteiger partial charge is 0.496 e. The smallest absolute Gasteiger partial charge is 0.270 e. The number of rotatable bonds is 2. The fourth-order valence-corrected chi connectivity index (χ4v) is 4.77. The predicted octanol–water partition coefficient (Wildman–Crippen LogP) is 1.74. The molecule has 0 radical (unpaired) electrons. The molecule has 7 nitrogen and oxygen atoms in total. The van der Waals surface area contributed by atoms with Gasteiger partial charge in [0.15, 0.2) is 5.72 Å². The van der Waals surface area contributed by atoms with Crippen molar-refractivity contribution in [1.29, 1.82) is 0 Å². The van der Waals surface area contributed by atoms with Gasteiger partial charge in [0.2, 0.25) is 5.91 Å². The Balaban J connectivity index is 1.49. The topological polar surface area (TPSA) is 74.9 Å². The fourth-order valence-electron chi connectivity index (χ4n) is 4.77. The summed E-state index contributed by atoms with van der Waals surface area (Å²) < 4.78 is 11.5. The molecule has 3 aliphatic rings. The average molecular weight is 355 g/mol. The van der Waals surface area contributed by atoms with Crippen LogP contribution in [0.2, 0.25) is 0 Å². The van der Waals surface area contributed by atoms with Crippen LogP contribution in [-0.2, 0) is 9.53 Å². The highest BCUT2D eigenvalue weighted by molar-refractivity contribution is 6.00. The molecule has 1 aromatic carbocycles. The Morgan fingerprint density at radius 1 is 1.38 bits per heavy atom. The molecule has 2 atom stereocenters. The number of H-pyrrole nitrogens is 1. The number of benzene rings is 1. The zero-order valence-corrected chi connectivity index (χ0v) is 14.7. The van der Waals surface area contributed by atoms with Crippen molar-refractivity contribution in [1.82, 2.24) is 14.8 Å². The van der Waals surface area contributed by atoms with Gasteiger partial charge in [-0.25, -0.2) is 0 Å². The van der Waals surface area contributed by atoms with E-state index in [1.165, 1.54) is 0 Å². The number of likely N-dealkylation sites (tertiary alicyclic amines) is 1. The third-order valence-corrected chi connectivity index (χ3v) is 5.95. The minimum atomic E-state index is -0.616. The molecule has 1 spiro atoms. The minimum absolute atomic E-state index is 0.0884. The normalized spacial score (nSPS) is 27.7. The van der Waals surface area contributed by atoms with Crippen LogP contribution < -0.4 is 4.74 Å². The average Bonchev–Trinajstić information content (AvgIpc) is 3.31. The maximum absolute atomic E-state index is 13.2. The second kappa shape index (κ2) is 5.48. The van der Waals surface area contributed by atoms with Gasteiger partial charge < -0.3 is 24.3 Å². The van der Waals surface area contributed by atoms with Gasteiger partial charge in [-0.2, -0.15) is 0 Å².